The summed E-state index contributed by atoms with van der Waals surface area (Å²) in [6.07, 6.45) is 1.46. The van der Waals surface area contributed by atoms with E-state index in [1.54, 1.807) is 0 Å². The fraction of sp³-hybridized carbons (Fsp3) is 0. The lowest BCUT2D eigenvalue weighted by molar-refractivity contribution is 0.112. The molecule has 0 aliphatic rings. The Morgan fingerprint density at radius 2 is 2.13 bits per heavy atom. The summed E-state index contributed by atoms with van der Waals surface area (Å²) in [6.45, 7) is 0. The van der Waals surface area contributed by atoms with E-state index < -0.39 is 5.43 Å². The zero-order valence-electron chi connectivity index (χ0n) is 7.36. The predicted molar refractivity (Wildman–Crippen MR) is 54.5 cm³/mol. The first-order valence-electron chi connectivity index (χ1n) is 4.02. The molecule has 0 bridgehead atoms. The summed E-state index contributed by atoms with van der Waals surface area (Å²) in [5, 5.41) is 9.48. The number of benzene rings is 1. The Morgan fingerprint density at radius 1 is 1.40 bits per heavy atom. The standard InChI is InChI=1S/C10H5ClO4/c11-7-1-6-9(2-8(7)13)15-4-5(3-12)10(6)14/h1-4,13H. The summed E-state index contributed by atoms with van der Waals surface area (Å²) >= 11 is 5.64. The van der Waals surface area contributed by atoms with E-state index in [-0.39, 0.29) is 27.3 Å². The average Bonchev–Trinajstić information content (AvgIpc) is 2.22. The zero-order valence-corrected chi connectivity index (χ0v) is 8.12. The summed E-state index contributed by atoms with van der Waals surface area (Å²) in [5.74, 6) is -0.175. The van der Waals surface area contributed by atoms with Gasteiger partial charge in [-0.15, -0.1) is 0 Å². The summed E-state index contributed by atoms with van der Waals surface area (Å²) in [7, 11) is 0. The van der Waals surface area contributed by atoms with Gasteiger partial charge in [0.2, 0.25) is 5.43 Å². The molecule has 0 aliphatic heterocycles. The molecule has 2 rings (SSSR count). The van der Waals surface area contributed by atoms with Gasteiger partial charge in [0, 0.05) is 6.07 Å². The fourth-order valence-electron chi connectivity index (χ4n) is 1.23. The molecule has 1 N–H and O–H groups in total. The molecule has 0 aliphatic carbocycles. The van der Waals surface area contributed by atoms with E-state index in [2.05, 4.69) is 0 Å². The molecule has 4 nitrogen and oxygen atoms in total. The Balaban J connectivity index is 2.94. The molecule has 0 fully saturated rings. The quantitative estimate of drug-likeness (QED) is 0.752. The Morgan fingerprint density at radius 3 is 2.80 bits per heavy atom. The molecule has 0 radical (unpaired) electrons. The van der Waals surface area contributed by atoms with Crippen molar-refractivity contribution in [2.75, 3.05) is 0 Å². The van der Waals surface area contributed by atoms with Crippen molar-refractivity contribution in [3.05, 3.63) is 39.2 Å². The summed E-state index contributed by atoms with van der Waals surface area (Å²) < 4.78 is 5.00. The number of hydrogen-bond donors (Lipinski definition) is 1. The molecule has 0 saturated carbocycles. The van der Waals surface area contributed by atoms with Gasteiger partial charge in [-0.1, -0.05) is 11.6 Å². The minimum Gasteiger partial charge on any atom is -0.506 e. The van der Waals surface area contributed by atoms with E-state index in [9.17, 15) is 14.7 Å². The van der Waals surface area contributed by atoms with E-state index in [4.69, 9.17) is 16.0 Å². The van der Waals surface area contributed by atoms with Crippen LogP contribution in [0.1, 0.15) is 10.4 Å². The van der Waals surface area contributed by atoms with E-state index in [0.29, 0.717) is 6.29 Å². The second-order valence-corrected chi connectivity index (χ2v) is 3.34. The maximum Gasteiger partial charge on any atom is 0.203 e. The lowest BCUT2D eigenvalue weighted by atomic mass is 10.2. The van der Waals surface area contributed by atoms with Crippen LogP contribution in [0.3, 0.4) is 0 Å². The van der Waals surface area contributed by atoms with Crippen LogP contribution in [0.2, 0.25) is 5.02 Å². The number of aldehydes is 1. The van der Waals surface area contributed by atoms with Crippen LogP contribution in [0, 0.1) is 0 Å². The van der Waals surface area contributed by atoms with Crippen molar-refractivity contribution in [3.8, 4) is 5.75 Å². The summed E-state index contributed by atoms with van der Waals surface area (Å²) in [5.41, 5.74) is -0.357. The number of carbonyl (C=O) groups is 1. The second kappa shape index (κ2) is 3.40. The number of halogens is 1. The lowest BCUT2D eigenvalue weighted by Gasteiger charge is -2.00. The van der Waals surface area contributed by atoms with Crippen LogP contribution in [0.15, 0.2) is 27.6 Å². The second-order valence-electron chi connectivity index (χ2n) is 2.94. The molecule has 0 spiro atoms. The highest BCUT2D eigenvalue weighted by Crippen LogP contribution is 2.27. The number of rotatable bonds is 1. The monoisotopic (exact) mass is 224 g/mol. The maximum atomic E-state index is 11.6. The van der Waals surface area contributed by atoms with Crippen molar-refractivity contribution in [1.29, 1.82) is 0 Å². The summed E-state index contributed by atoms with van der Waals surface area (Å²) in [4.78, 5) is 22.1. The maximum absolute atomic E-state index is 11.6. The SMILES string of the molecule is O=Cc1coc2cc(O)c(Cl)cc2c1=O. The van der Waals surface area contributed by atoms with Gasteiger partial charge in [-0.3, -0.25) is 9.59 Å². The molecule has 76 valence electrons. The van der Waals surface area contributed by atoms with Gasteiger partial charge in [0.15, 0.2) is 6.29 Å². The van der Waals surface area contributed by atoms with Gasteiger partial charge in [0.05, 0.1) is 16.0 Å². The van der Waals surface area contributed by atoms with Crippen molar-refractivity contribution in [1.82, 2.24) is 0 Å². The van der Waals surface area contributed by atoms with Gasteiger partial charge >= 0.3 is 0 Å². The predicted octanol–water partition coefficient (Wildman–Crippen LogP) is 1.96. The zero-order chi connectivity index (χ0) is 11.0. The third-order valence-electron chi connectivity index (χ3n) is 2.00. The smallest absolute Gasteiger partial charge is 0.203 e. The highest BCUT2D eigenvalue weighted by molar-refractivity contribution is 6.32. The van der Waals surface area contributed by atoms with E-state index in [1.807, 2.05) is 0 Å². The van der Waals surface area contributed by atoms with Crippen molar-refractivity contribution < 1.29 is 14.3 Å². The Labute approximate surface area is 88.7 Å². The van der Waals surface area contributed by atoms with Crippen LogP contribution in [0.4, 0.5) is 0 Å². The first-order valence-corrected chi connectivity index (χ1v) is 4.40. The van der Waals surface area contributed by atoms with Gasteiger partial charge in [-0.25, -0.2) is 0 Å². The van der Waals surface area contributed by atoms with E-state index in [1.165, 1.54) is 12.1 Å². The van der Waals surface area contributed by atoms with Crippen molar-refractivity contribution in [3.63, 3.8) is 0 Å². The van der Waals surface area contributed by atoms with E-state index in [0.717, 1.165) is 6.26 Å². The number of phenols is 1. The summed E-state index contributed by atoms with van der Waals surface area (Å²) in [6, 6.07) is 2.50. The number of aromatic hydroxyl groups is 1. The first kappa shape index (κ1) is 9.73. The molecule has 1 aromatic carbocycles. The molecule has 1 aromatic heterocycles. The molecule has 1 heterocycles. The van der Waals surface area contributed by atoms with Gasteiger partial charge in [-0.05, 0) is 6.07 Å². The Hall–Kier alpha value is -1.81. The van der Waals surface area contributed by atoms with Gasteiger partial charge in [0.1, 0.15) is 17.6 Å². The van der Waals surface area contributed by atoms with Crippen LogP contribution in [-0.4, -0.2) is 11.4 Å². The highest BCUT2D eigenvalue weighted by atomic mass is 35.5. The normalized spacial score (nSPS) is 10.5. The number of hydrogen-bond acceptors (Lipinski definition) is 4. The molecule has 0 saturated heterocycles. The molecular weight excluding hydrogens is 220 g/mol. The molecule has 15 heavy (non-hydrogen) atoms. The third kappa shape index (κ3) is 1.49. The van der Waals surface area contributed by atoms with Gasteiger partial charge < -0.3 is 9.52 Å². The first-order chi connectivity index (χ1) is 7.13. The fourth-order valence-corrected chi connectivity index (χ4v) is 1.40. The lowest BCUT2D eigenvalue weighted by Crippen LogP contribution is -2.07. The van der Waals surface area contributed by atoms with E-state index >= 15 is 0 Å². The van der Waals surface area contributed by atoms with Crippen LogP contribution < -0.4 is 5.43 Å². The van der Waals surface area contributed by atoms with Crippen molar-refractivity contribution >= 4 is 28.9 Å². The Kier molecular flexibility index (Phi) is 2.21. The molecule has 0 amide bonds. The Bertz CT molecular complexity index is 600. The van der Waals surface area contributed by atoms with Crippen LogP contribution in [0.5, 0.6) is 5.75 Å². The van der Waals surface area contributed by atoms with Crippen LogP contribution in [0.25, 0.3) is 11.0 Å². The largest absolute Gasteiger partial charge is 0.506 e. The van der Waals surface area contributed by atoms with Gasteiger partial charge in [0.25, 0.3) is 0 Å². The minimum absolute atomic E-state index is 0.0397. The molecular formula is C10H5ClO4. The number of phenolic OH excluding ortho intramolecular Hbond substituents is 1. The molecule has 2 aromatic rings. The topological polar surface area (TPSA) is 67.5 Å². The molecule has 0 atom stereocenters. The molecule has 5 heteroatoms. The molecule has 0 unspecified atom stereocenters. The number of carbonyl (C=O) groups excluding carboxylic acids is 1. The highest BCUT2D eigenvalue weighted by Gasteiger charge is 2.09. The number of fused-ring (bicyclic) bond motifs is 1. The van der Waals surface area contributed by atoms with Crippen LogP contribution in [-0.2, 0) is 0 Å². The minimum atomic E-state index is -0.465. The van der Waals surface area contributed by atoms with Crippen molar-refractivity contribution in [2.45, 2.75) is 0 Å². The average molecular weight is 225 g/mol. The third-order valence-corrected chi connectivity index (χ3v) is 2.30. The van der Waals surface area contributed by atoms with Crippen molar-refractivity contribution in [2.24, 2.45) is 0 Å². The van der Waals surface area contributed by atoms with Crippen LogP contribution >= 0.6 is 11.6 Å². The van der Waals surface area contributed by atoms with Gasteiger partial charge in [-0.2, -0.15) is 0 Å².